The van der Waals surface area contributed by atoms with Gasteiger partial charge in [0.25, 0.3) is 0 Å². The van der Waals surface area contributed by atoms with Crippen molar-refractivity contribution in [1.82, 2.24) is 14.7 Å². The van der Waals surface area contributed by atoms with Gasteiger partial charge in [-0.25, -0.2) is 0 Å². The Morgan fingerprint density at radius 1 is 0.526 bits per heavy atom. The van der Waals surface area contributed by atoms with E-state index in [-0.39, 0.29) is 35.9 Å². The van der Waals surface area contributed by atoms with Gasteiger partial charge in [0, 0.05) is 49.8 Å². The second-order valence-corrected chi connectivity index (χ2v) is 16.5. The number of hydrogen-bond donors (Lipinski definition) is 0. The molecule has 0 spiro atoms. The second kappa shape index (κ2) is 16.6. The minimum absolute atomic E-state index is 0.0550. The van der Waals surface area contributed by atoms with E-state index in [0.29, 0.717) is 0 Å². The van der Waals surface area contributed by atoms with E-state index in [9.17, 15) is 9.59 Å². The molecule has 0 radical (unpaired) electrons. The molecule has 57 heavy (non-hydrogen) atoms. The van der Waals surface area contributed by atoms with Crippen molar-refractivity contribution >= 4 is 34.4 Å². The Bertz CT molecular complexity index is 2200. The first kappa shape index (κ1) is 37.2. The molecule has 0 unspecified atom stereocenters. The molecule has 0 aromatic heterocycles. The van der Waals surface area contributed by atoms with Crippen molar-refractivity contribution in [3.05, 3.63) is 144 Å². The highest BCUT2D eigenvalue weighted by molar-refractivity contribution is 6.05. The van der Waals surface area contributed by atoms with E-state index in [0.717, 1.165) is 100 Å². The van der Waals surface area contributed by atoms with Gasteiger partial charge in [-0.3, -0.25) is 24.5 Å². The van der Waals surface area contributed by atoms with E-state index in [1.54, 1.807) is 0 Å². The predicted octanol–water partition coefficient (Wildman–Crippen LogP) is 9.74. The number of rotatable bonds is 10. The fourth-order valence-corrected chi connectivity index (χ4v) is 9.77. The van der Waals surface area contributed by atoms with Gasteiger partial charge < -0.3 is 9.80 Å². The average molecular weight is 756 g/mol. The maximum absolute atomic E-state index is 14.4. The molecule has 5 aliphatic rings. The number of amides is 2. The Balaban J connectivity index is 0.808. The predicted molar refractivity (Wildman–Crippen MR) is 231 cm³/mol. The zero-order chi connectivity index (χ0) is 38.7. The molecule has 0 aliphatic carbocycles. The Morgan fingerprint density at radius 3 is 1.49 bits per heavy atom. The van der Waals surface area contributed by atoms with Crippen molar-refractivity contribution in [1.29, 1.82) is 0 Å². The fraction of sp³-hybridized carbons (Fsp3) is 0.360. The summed E-state index contributed by atoms with van der Waals surface area (Å²) in [4.78, 5) is 44.4. The van der Waals surface area contributed by atoms with Crippen LogP contribution < -0.4 is 0 Å². The van der Waals surface area contributed by atoms with E-state index in [1.807, 2.05) is 55.7 Å². The molecule has 7 heteroatoms. The monoisotopic (exact) mass is 755 g/mol. The smallest absolute Gasteiger partial charge is 0.245 e. The number of aliphatic imine (C=N–C) groups is 2. The van der Waals surface area contributed by atoms with Gasteiger partial charge in [-0.1, -0.05) is 116 Å². The third kappa shape index (κ3) is 7.70. The first-order valence-corrected chi connectivity index (χ1v) is 21.2. The lowest BCUT2D eigenvalue weighted by Gasteiger charge is -2.37. The quantitative estimate of drug-likeness (QED) is 0.162. The lowest BCUT2D eigenvalue weighted by atomic mass is 9.94. The SMILES string of the molecule is C[C@H](C(=O)N1CCC[C@H]1C1=NC=C(c2ccc(-c3ccc(C4=CN=C([C@@H]5CCCN5C(=O)[C@@H](c5ccccc5)N5CCCCC5)C4)cc3)cc2)C1)c1ccccc1. The number of likely N-dealkylation sites (tertiary alicyclic amines) is 3. The summed E-state index contributed by atoms with van der Waals surface area (Å²) < 4.78 is 0. The van der Waals surface area contributed by atoms with Crippen LogP contribution in [0.1, 0.15) is 98.9 Å². The van der Waals surface area contributed by atoms with Gasteiger partial charge in [-0.15, -0.1) is 0 Å². The molecular weight excluding hydrogens is 703 g/mol. The lowest BCUT2D eigenvalue weighted by molar-refractivity contribution is -0.137. The van der Waals surface area contributed by atoms with Crippen molar-refractivity contribution in [2.75, 3.05) is 26.2 Å². The van der Waals surface area contributed by atoms with Crippen molar-refractivity contribution in [2.24, 2.45) is 9.98 Å². The second-order valence-electron chi connectivity index (χ2n) is 16.5. The molecule has 7 nitrogen and oxygen atoms in total. The Kier molecular flexibility index (Phi) is 10.8. The molecule has 9 rings (SSSR count). The highest BCUT2D eigenvalue weighted by Crippen LogP contribution is 2.36. The zero-order valence-corrected chi connectivity index (χ0v) is 33.1. The van der Waals surface area contributed by atoms with Crippen LogP contribution in [-0.4, -0.2) is 76.2 Å². The van der Waals surface area contributed by atoms with Gasteiger partial charge in [0.05, 0.1) is 18.0 Å². The van der Waals surface area contributed by atoms with E-state index >= 15 is 0 Å². The molecule has 4 aromatic rings. The van der Waals surface area contributed by atoms with Crippen LogP contribution in [0.5, 0.6) is 0 Å². The summed E-state index contributed by atoms with van der Waals surface area (Å²) in [7, 11) is 0. The normalized spacial score (nSPS) is 22.2. The van der Waals surface area contributed by atoms with Crippen LogP contribution in [0.4, 0.5) is 0 Å². The maximum Gasteiger partial charge on any atom is 0.245 e. The van der Waals surface area contributed by atoms with Crippen molar-refractivity contribution in [2.45, 2.75) is 88.8 Å². The topological polar surface area (TPSA) is 68.6 Å². The minimum atomic E-state index is -0.224. The van der Waals surface area contributed by atoms with E-state index in [2.05, 4.69) is 87.5 Å². The number of carbonyl (C=O) groups excluding carboxylic acids is 2. The van der Waals surface area contributed by atoms with Crippen molar-refractivity contribution < 1.29 is 9.59 Å². The number of allylic oxidation sites excluding steroid dienone is 2. The molecule has 2 amide bonds. The molecule has 4 atom stereocenters. The molecule has 290 valence electrons. The van der Waals surface area contributed by atoms with Crippen LogP contribution in [0.3, 0.4) is 0 Å². The largest absolute Gasteiger partial charge is 0.334 e. The van der Waals surface area contributed by atoms with Crippen LogP contribution in [0, 0.1) is 0 Å². The zero-order valence-electron chi connectivity index (χ0n) is 33.1. The number of benzene rings is 4. The lowest BCUT2D eigenvalue weighted by Crippen LogP contribution is -2.48. The summed E-state index contributed by atoms with van der Waals surface area (Å²) in [5.41, 5.74) is 11.5. The molecule has 3 fully saturated rings. The summed E-state index contributed by atoms with van der Waals surface area (Å²) in [6.07, 6.45) is 13.1. The fourth-order valence-electron chi connectivity index (χ4n) is 9.77. The Labute approximate surface area is 337 Å². The number of nitrogens with zero attached hydrogens (tertiary/aromatic N) is 5. The van der Waals surface area contributed by atoms with Crippen LogP contribution in [-0.2, 0) is 9.59 Å². The molecular formula is C50H53N5O2. The van der Waals surface area contributed by atoms with Gasteiger partial charge in [0.2, 0.25) is 11.8 Å². The summed E-state index contributed by atoms with van der Waals surface area (Å²) in [6, 6.07) is 38.0. The molecule has 3 saturated heterocycles. The maximum atomic E-state index is 14.4. The van der Waals surface area contributed by atoms with Crippen LogP contribution in [0.15, 0.2) is 132 Å². The van der Waals surface area contributed by atoms with Crippen molar-refractivity contribution in [3.8, 4) is 11.1 Å². The highest BCUT2D eigenvalue weighted by atomic mass is 16.2. The third-order valence-electron chi connectivity index (χ3n) is 13.0. The van der Waals surface area contributed by atoms with Crippen LogP contribution in [0.25, 0.3) is 22.3 Å². The van der Waals surface area contributed by atoms with E-state index in [1.165, 1.54) is 39.8 Å². The van der Waals surface area contributed by atoms with Crippen LogP contribution >= 0.6 is 0 Å². The summed E-state index contributed by atoms with van der Waals surface area (Å²) in [5.74, 6) is 0.266. The number of piperidine rings is 1. The molecule has 5 heterocycles. The van der Waals surface area contributed by atoms with Crippen molar-refractivity contribution in [3.63, 3.8) is 0 Å². The molecule has 5 aliphatic heterocycles. The minimum Gasteiger partial charge on any atom is -0.334 e. The average Bonchev–Trinajstić information content (AvgIpc) is 4.12. The number of hydrogen-bond acceptors (Lipinski definition) is 5. The summed E-state index contributed by atoms with van der Waals surface area (Å²) in [5, 5.41) is 0. The molecule has 4 aromatic carbocycles. The van der Waals surface area contributed by atoms with Crippen LogP contribution in [0.2, 0.25) is 0 Å². The molecule has 0 saturated carbocycles. The molecule has 0 N–H and O–H groups in total. The summed E-state index contributed by atoms with van der Waals surface area (Å²) in [6.45, 7) is 5.56. The van der Waals surface area contributed by atoms with Gasteiger partial charge in [0.15, 0.2) is 0 Å². The Morgan fingerprint density at radius 2 is 0.982 bits per heavy atom. The first-order chi connectivity index (χ1) is 28.0. The van der Waals surface area contributed by atoms with Gasteiger partial charge in [0.1, 0.15) is 6.04 Å². The third-order valence-corrected chi connectivity index (χ3v) is 13.0. The standard InChI is InChI=1S/C50H53N5O2/c1-35(36-13-5-2-6-14-36)49(56)54-29-11-17-46(54)44-31-42(33-51-44)39-23-19-37(20-24-39)38-21-25-40(26-22-38)43-32-45(52-34-43)47-18-12-30-55(47)50(57)48(41-15-7-3-8-16-41)53-27-9-4-10-28-53/h2-3,5-8,13-16,19-26,33-35,46-48H,4,9-12,17-18,27-32H2,1H3/t35-,46-,47-,48+/m0/s1. The molecule has 0 bridgehead atoms. The van der Waals surface area contributed by atoms with Gasteiger partial charge in [-0.2, -0.15) is 0 Å². The number of carbonyl (C=O) groups is 2. The Hall–Kier alpha value is -5.40. The summed E-state index contributed by atoms with van der Waals surface area (Å²) >= 11 is 0. The first-order valence-electron chi connectivity index (χ1n) is 21.2. The van der Waals surface area contributed by atoms with E-state index < -0.39 is 0 Å². The van der Waals surface area contributed by atoms with Gasteiger partial charge >= 0.3 is 0 Å². The highest BCUT2D eigenvalue weighted by Gasteiger charge is 2.40. The van der Waals surface area contributed by atoms with Gasteiger partial charge in [-0.05, 0) is 103 Å². The van der Waals surface area contributed by atoms with E-state index in [4.69, 9.17) is 9.98 Å².